The highest BCUT2D eigenvalue weighted by molar-refractivity contribution is 5.72. The normalized spacial score (nSPS) is 13.4. The second-order valence-corrected chi connectivity index (χ2v) is 14.5. The van der Waals surface area contributed by atoms with Crippen LogP contribution in [0.1, 0.15) is 162 Å². The lowest BCUT2D eigenvalue weighted by molar-refractivity contribution is -0.887. The van der Waals surface area contributed by atoms with Crippen molar-refractivity contribution in [3.05, 3.63) is 36.5 Å². The summed E-state index contributed by atoms with van der Waals surface area (Å²) in [7, 11) is 5.51. The Bertz CT molecular complexity index is 922. The summed E-state index contributed by atoms with van der Waals surface area (Å²) in [5, 5.41) is 9.59. The minimum absolute atomic E-state index is 0.0545. The quantitative estimate of drug-likeness (QED) is 0.0303. The number of quaternary nitrogens is 1. The number of nitrogens with zero attached hydrogens (tertiary/aromatic N) is 1. The lowest BCUT2D eigenvalue weighted by atomic mass is 10.1. The van der Waals surface area contributed by atoms with Crippen LogP contribution in [0.5, 0.6) is 0 Å². The van der Waals surface area contributed by atoms with Gasteiger partial charge in [-0.25, -0.2) is 4.79 Å². The van der Waals surface area contributed by atoms with Gasteiger partial charge in [0.25, 0.3) is 0 Å². The molecule has 0 saturated carbocycles. The third-order valence-corrected chi connectivity index (χ3v) is 8.80. The van der Waals surface area contributed by atoms with Crippen LogP contribution in [0, 0.1) is 0 Å². The fourth-order valence-corrected chi connectivity index (χ4v) is 5.69. The molecule has 0 aliphatic rings. The van der Waals surface area contributed by atoms with E-state index in [1.807, 2.05) is 21.1 Å². The zero-order valence-corrected chi connectivity index (χ0v) is 32.8. The Morgan fingerprint density at radius 2 is 1.12 bits per heavy atom. The Hall–Kier alpha value is -2.45. The molecule has 0 radical (unpaired) electrons. The van der Waals surface area contributed by atoms with Crippen LogP contribution in [-0.2, 0) is 28.6 Å². The third-order valence-electron chi connectivity index (χ3n) is 8.80. The highest BCUT2D eigenvalue weighted by Crippen LogP contribution is 2.14. The van der Waals surface area contributed by atoms with E-state index in [1.165, 1.54) is 57.8 Å². The number of carboxylic acids is 1. The van der Waals surface area contributed by atoms with Crippen molar-refractivity contribution in [1.29, 1.82) is 0 Å². The van der Waals surface area contributed by atoms with Gasteiger partial charge in [0.15, 0.2) is 12.1 Å². The maximum Gasteiger partial charge on any atom is 0.362 e. The Balaban J connectivity index is 4.40. The van der Waals surface area contributed by atoms with Gasteiger partial charge in [0.1, 0.15) is 6.61 Å². The van der Waals surface area contributed by atoms with E-state index in [0.717, 1.165) is 70.6 Å². The predicted molar refractivity (Wildman–Crippen MR) is 206 cm³/mol. The first-order chi connectivity index (χ1) is 24.1. The molecule has 0 fully saturated rings. The van der Waals surface area contributed by atoms with Crippen molar-refractivity contribution in [2.75, 3.05) is 41.0 Å². The molecule has 0 rings (SSSR count). The fraction of sp³-hybridized carbons (Fsp3) is 0.786. The summed E-state index contributed by atoms with van der Waals surface area (Å²) in [6.07, 6.45) is 36.1. The number of aliphatic carboxylic acids is 1. The molecule has 0 aromatic rings. The van der Waals surface area contributed by atoms with Gasteiger partial charge in [-0.05, 0) is 44.9 Å². The average Bonchev–Trinajstić information content (AvgIpc) is 3.06. The van der Waals surface area contributed by atoms with Crippen molar-refractivity contribution < 1.29 is 38.2 Å². The summed E-state index contributed by atoms with van der Waals surface area (Å²) in [5.41, 5.74) is 0. The summed E-state index contributed by atoms with van der Waals surface area (Å²) in [6.45, 7) is 4.59. The average molecular weight is 707 g/mol. The van der Waals surface area contributed by atoms with E-state index in [9.17, 15) is 19.5 Å². The second-order valence-electron chi connectivity index (χ2n) is 14.5. The van der Waals surface area contributed by atoms with E-state index in [4.69, 9.17) is 14.2 Å². The highest BCUT2D eigenvalue weighted by atomic mass is 16.6. The maximum absolute atomic E-state index is 12.7. The van der Waals surface area contributed by atoms with Gasteiger partial charge in [0.05, 0.1) is 34.4 Å². The van der Waals surface area contributed by atoms with Crippen LogP contribution >= 0.6 is 0 Å². The zero-order chi connectivity index (χ0) is 37.1. The number of esters is 2. The molecule has 2 unspecified atom stereocenters. The van der Waals surface area contributed by atoms with Gasteiger partial charge < -0.3 is 23.8 Å². The van der Waals surface area contributed by atoms with Crippen LogP contribution < -0.4 is 0 Å². The molecule has 0 saturated heterocycles. The number of unbranched alkanes of at least 4 members (excludes halogenated alkanes) is 15. The van der Waals surface area contributed by atoms with Crippen LogP contribution in [0.3, 0.4) is 0 Å². The predicted octanol–water partition coefficient (Wildman–Crippen LogP) is 10.3. The molecule has 0 aliphatic heterocycles. The van der Waals surface area contributed by atoms with Gasteiger partial charge in [-0.3, -0.25) is 9.59 Å². The van der Waals surface area contributed by atoms with E-state index in [-0.39, 0.29) is 36.2 Å². The number of carbonyl (C=O) groups is 3. The number of ether oxygens (including phenoxy) is 3. The first-order valence-corrected chi connectivity index (χ1v) is 20.0. The van der Waals surface area contributed by atoms with E-state index >= 15 is 0 Å². The second kappa shape index (κ2) is 33.7. The minimum atomic E-state index is -0.878. The molecule has 50 heavy (non-hydrogen) atoms. The largest absolute Gasteiger partial charge is 0.477 e. The maximum atomic E-state index is 12.7. The zero-order valence-electron chi connectivity index (χ0n) is 32.8. The molecular formula is C42H76NO7+. The molecule has 0 amide bonds. The molecule has 1 N–H and O–H groups in total. The van der Waals surface area contributed by atoms with Gasteiger partial charge in [-0.1, -0.05) is 134 Å². The van der Waals surface area contributed by atoms with Crippen molar-refractivity contribution in [2.24, 2.45) is 0 Å². The number of hydrogen-bond donors (Lipinski definition) is 1. The first kappa shape index (κ1) is 47.5. The Morgan fingerprint density at radius 3 is 1.66 bits per heavy atom. The highest BCUT2D eigenvalue weighted by Gasteiger charge is 2.31. The molecule has 0 aromatic carbocycles. The molecule has 2 atom stereocenters. The molecule has 8 heteroatoms. The van der Waals surface area contributed by atoms with Crippen LogP contribution in [0.4, 0.5) is 0 Å². The minimum Gasteiger partial charge on any atom is -0.477 e. The van der Waals surface area contributed by atoms with Crippen molar-refractivity contribution in [3.8, 4) is 0 Å². The SMILES string of the molecule is CC/C=C/C/C=C/C/C=C/CCCCCCCCC(=O)OC(COCCC(C(=O)O)[N+](C)(C)C)COC(=O)CCCCCCCCCCCC. The van der Waals surface area contributed by atoms with Crippen molar-refractivity contribution >= 4 is 17.9 Å². The molecular weight excluding hydrogens is 630 g/mol. The fourth-order valence-electron chi connectivity index (χ4n) is 5.69. The van der Waals surface area contributed by atoms with Gasteiger partial charge in [0, 0.05) is 19.3 Å². The van der Waals surface area contributed by atoms with E-state index in [1.54, 1.807) is 0 Å². The standard InChI is InChI=1S/C42H75NO7/c1-6-8-10-12-14-16-18-19-20-21-22-23-25-27-29-31-33-41(45)50-38(36-48-35-34-39(42(46)47)43(3,4)5)37-49-40(44)32-30-28-26-24-17-15-13-11-9-7-2/h8,10,14,16,19-20,38-39H,6-7,9,11-13,15,17-18,21-37H2,1-5H3/p+1/b10-8+,16-14+,20-19+. The molecule has 0 spiro atoms. The molecule has 0 aliphatic carbocycles. The summed E-state index contributed by atoms with van der Waals surface area (Å²) < 4.78 is 17.2. The third kappa shape index (κ3) is 31.5. The molecule has 0 bridgehead atoms. The summed E-state index contributed by atoms with van der Waals surface area (Å²) in [6, 6.07) is -0.614. The molecule has 8 nitrogen and oxygen atoms in total. The van der Waals surface area contributed by atoms with Gasteiger partial charge >= 0.3 is 17.9 Å². The number of hydrogen-bond acceptors (Lipinski definition) is 6. The van der Waals surface area contributed by atoms with E-state index in [2.05, 4.69) is 50.3 Å². The van der Waals surface area contributed by atoms with Crippen LogP contribution in [0.2, 0.25) is 0 Å². The summed E-state index contributed by atoms with van der Waals surface area (Å²) in [5.74, 6) is -1.49. The number of rotatable bonds is 35. The van der Waals surface area contributed by atoms with Crippen LogP contribution in [-0.4, -0.2) is 80.6 Å². The van der Waals surface area contributed by atoms with Crippen LogP contribution in [0.15, 0.2) is 36.5 Å². The molecule has 0 aromatic heterocycles. The van der Waals surface area contributed by atoms with Crippen molar-refractivity contribution in [3.63, 3.8) is 0 Å². The van der Waals surface area contributed by atoms with Crippen molar-refractivity contribution in [1.82, 2.24) is 0 Å². The lowest BCUT2D eigenvalue weighted by Crippen LogP contribution is -2.50. The van der Waals surface area contributed by atoms with Gasteiger partial charge in [-0.15, -0.1) is 0 Å². The van der Waals surface area contributed by atoms with E-state index in [0.29, 0.717) is 19.3 Å². The summed E-state index contributed by atoms with van der Waals surface area (Å²) >= 11 is 0. The first-order valence-electron chi connectivity index (χ1n) is 20.0. The summed E-state index contributed by atoms with van der Waals surface area (Å²) in [4.78, 5) is 36.8. The number of likely N-dealkylation sites (N-methyl/N-ethyl adjacent to an activating group) is 1. The number of carboxylic acid groups (broad SMARTS) is 1. The van der Waals surface area contributed by atoms with E-state index < -0.39 is 18.1 Å². The monoisotopic (exact) mass is 707 g/mol. The van der Waals surface area contributed by atoms with Gasteiger partial charge in [-0.2, -0.15) is 0 Å². The van der Waals surface area contributed by atoms with Crippen LogP contribution in [0.25, 0.3) is 0 Å². The van der Waals surface area contributed by atoms with Crippen molar-refractivity contribution in [2.45, 2.75) is 174 Å². The lowest BCUT2D eigenvalue weighted by Gasteiger charge is -2.31. The van der Waals surface area contributed by atoms with Gasteiger partial charge in [0.2, 0.25) is 0 Å². The molecule has 0 heterocycles. The number of carbonyl (C=O) groups excluding carboxylic acids is 2. The number of allylic oxidation sites excluding steroid dienone is 6. The topological polar surface area (TPSA) is 99.1 Å². The Kier molecular flexibility index (Phi) is 32.0. The Morgan fingerprint density at radius 1 is 0.620 bits per heavy atom. The Labute approximate surface area is 306 Å². The smallest absolute Gasteiger partial charge is 0.362 e. The molecule has 290 valence electrons.